The molecule has 4 aromatic rings. The van der Waals surface area contributed by atoms with Crippen LogP contribution in [0.5, 0.6) is 17.2 Å². The highest BCUT2D eigenvalue weighted by Gasteiger charge is 2.10. The van der Waals surface area contributed by atoms with Gasteiger partial charge in [-0.25, -0.2) is 0 Å². The van der Waals surface area contributed by atoms with E-state index in [1.165, 1.54) is 23.5 Å². The first-order chi connectivity index (χ1) is 13.6. The number of nitrogens with zero attached hydrogens (tertiary/aromatic N) is 2. The Kier molecular flexibility index (Phi) is 4.95. The first kappa shape index (κ1) is 18.0. The minimum Gasteiger partial charge on any atom is -0.508 e. The summed E-state index contributed by atoms with van der Waals surface area (Å²) in [6, 6.07) is 19.8. The quantitative estimate of drug-likeness (QED) is 0.279. The van der Waals surface area contributed by atoms with Gasteiger partial charge in [-0.3, -0.25) is 0 Å². The second-order valence-corrected chi connectivity index (χ2v) is 7.46. The molecule has 0 saturated heterocycles. The van der Waals surface area contributed by atoms with E-state index in [0.29, 0.717) is 22.7 Å². The fourth-order valence-corrected chi connectivity index (χ4v) is 3.89. The molecule has 1 aromatic heterocycles. The Morgan fingerprint density at radius 1 is 0.786 bits per heavy atom. The van der Waals surface area contributed by atoms with Gasteiger partial charge < -0.3 is 15.3 Å². The highest BCUT2D eigenvalue weighted by molar-refractivity contribution is 7.23. The zero-order valence-electron chi connectivity index (χ0n) is 14.9. The standard InChI is InChI=1S/C22H18N2O3S/c25-17-11-12-19(26)15(13-17)8-5-14-6-9-16(10-7-14)23-24-22-21(27)18-3-1-2-4-20(18)28-22/h1-4,6-7,9-13,25-27H,5,8H2. The lowest BCUT2D eigenvalue weighted by Gasteiger charge is -2.05. The molecule has 0 radical (unpaired) electrons. The molecule has 0 aliphatic rings. The van der Waals surface area contributed by atoms with E-state index >= 15 is 0 Å². The van der Waals surface area contributed by atoms with E-state index in [4.69, 9.17) is 0 Å². The maximum absolute atomic E-state index is 10.3. The number of hydrogen-bond donors (Lipinski definition) is 3. The van der Waals surface area contributed by atoms with Crippen LogP contribution in [0.4, 0.5) is 10.7 Å². The number of azo groups is 1. The van der Waals surface area contributed by atoms with Crippen LogP contribution in [-0.2, 0) is 12.8 Å². The predicted molar refractivity (Wildman–Crippen MR) is 111 cm³/mol. The predicted octanol–water partition coefficient (Wildman–Crippen LogP) is 6.22. The van der Waals surface area contributed by atoms with Crippen LogP contribution in [0.25, 0.3) is 10.1 Å². The van der Waals surface area contributed by atoms with Crippen molar-refractivity contribution >= 4 is 32.1 Å². The SMILES string of the molecule is Oc1ccc(O)c(CCc2ccc(N=Nc3sc4ccccc4c3O)cc2)c1. The van der Waals surface area contributed by atoms with E-state index in [1.807, 2.05) is 48.5 Å². The molecule has 3 aromatic carbocycles. The van der Waals surface area contributed by atoms with Gasteiger partial charge in [-0.15, -0.1) is 21.6 Å². The molecule has 0 spiro atoms. The number of benzene rings is 3. The molecule has 0 aliphatic heterocycles. The summed E-state index contributed by atoms with van der Waals surface area (Å²) < 4.78 is 0.972. The first-order valence-electron chi connectivity index (χ1n) is 8.82. The molecular formula is C22H18N2O3S. The molecule has 0 aliphatic carbocycles. The fraction of sp³-hybridized carbons (Fsp3) is 0.0909. The van der Waals surface area contributed by atoms with Crippen LogP contribution >= 0.6 is 11.3 Å². The minimum atomic E-state index is 0.146. The third kappa shape index (κ3) is 3.82. The Morgan fingerprint density at radius 3 is 2.36 bits per heavy atom. The van der Waals surface area contributed by atoms with Crippen molar-refractivity contribution < 1.29 is 15.3 Å². The maximum atomic E-state index is 10.3. The van der Waals surface area contributed by atoms with E-state index in [1.54, 1.807) is 6.07 Å². The molecule has 28 heavy (non-hydrogen) atoms. The Bertz CT molecular complexity index is 1150. The fourth-order valence-electron chi connectivity index (χ4n) is 2.97. The molecule has 0 amide bonds. The number of fused-ring (bicyclic) bond motifs is 1. The number of phenols is 2. The largest absolute Gasteiger partial charge is 0.508 e. The summed E-state index contributed by atoms with van der Waals surface area (Å²) in [5.41, 5.74) is 2.50. The zero-order chi connectivity index (χ0) is 19.5. The van der Waals surface area contributed by atoms with E-state index in [2.05, 4.69) is 10.2 Å². The Balaban J connectivity index is 1.45. The van der Waals surface area contributed by atoms with Gasteiger partial charge in [-0.05, 0) is 66.4 Å². The van der Waals surface area contributed by atoms with Crippen molar-refractivity contribution in [1.82, 2.24) is 0 Å². The van der Waals surface area contributed by atoms with Gasteiger partial charge in [0, 0.05) is 10.1 Å². The molecule has 0 fully saturated rings. The van der Waals surface area contributed by atoms with Crippen molar-refractivity contribution in [1.29, 1.82) is 0 Å². The second-order valence-electron chi connectivity index (χ2n) is 6.43. The molecule has 140 valence electrons. The van der Waals surface area contributed by atoms with Crippen molar-refractivity contribution in [2.45, 2.75) is 12.8 Å². The van der Waals surface area contributed by atoms with Gasteiger partial charge in [0.05, 0.1) is 5.69 Å². The lowest BCUT2D eigenvalue weighted by molar-refractivity contribution is 0.454. The average Bonchev–Trinajstić information content (AvgIpc) is 3.04. The normalized spacial score (nSPS) is 11.4. The molecule has 6 heteroatoms. The summed E-state index contributed by atoms with van der Waals surface area (Å²) >= 11 is 1.40. The maximum Gasteiger partial charge on any atom is 0.181 e. The highest BCUT2D eigenvalue weighted by Crippen LogP contribution is 2.43. The van der Waals surface area contributed by atoms with Crippen LogP contribution in [0.3, 0.4) is 0 Å². The number of hydrogen-bond acceptors (Lipinski definition) is 6. The van der Waals surface area contributed by atoms with Gasteiger partial charge in [-0.1, -0.05) is 24.3 Å². The summed E-state index contributed by atoms with van der Waals surface area (Å²) in [5, 5.41) is 39.3. The molecule has 5 nitrogen and oxygen atoms in total. The van der Waals surface area contributed by atoms with E-state index in [-0.39, 0.29) is 17.2 Å². The smallest absolute Gasteiger partial charge is 0.181 e. The number of phenolic OH excluding ortho intramolecular Hbond substituents is 2. The van der Waals surface area contributed by atoms with Crippen molar-refractivity contribution in [2.75, 3.05) is 0 Å². The lowest BCUT2D eigenvalue weighted by atomic mass is 10.0. The summed E-state index contributed by atoms with van der Waals surface area (Å²) in [6.07, 6.45) is 1.35. The van der Waals surface area contributed by atoms with Crippen molar-refractivity contribution in [2.24, 2.45) is 10.2 Å². The highest BCUT2D eigenvalue weighted by atomic mass is 32.1. The van der Waals surface area contributed by atoms with Crippen molar-refractivity contribution in [3.8, 4) is 17.2 Å². The molecular weight excluding hydrogens is 372 g/mol. The van der Waals surface area contributed by atoms with Crippen LogP contribution in [0.1, 0.15) is 11.1 Å². The third-order valence-electron chi connectivity index (χ3n) is 4.49. The lowest BCUT2D eigenvalue weighted by Crippen LogP contribution is -1.91. The van der Waals surface area contributed by atoms with Crippen molar-refractivity contribution in [3.05, 3.63) is 77.9 Å². The summed E-state index contributed by atoms with van der Waals surface area (Å²) in [7, 11) is 0. The number of rotatable bonds is 5. The molecule has 0 saturated carbocycles. The van der Waals surface area contributed by atoms with E-state index in [0.717, 1.165) is 22.1 Å². The van der Waals surface area contributed by atoms with Crippen LogP contribution in [0.15, 0.2) is 77.0 Å². The summed E-state index contributed by atoms with van der Waals surface area (Å²) in [4.78, 5) is 0. The van der Waals surface area contributed by atoms with Gasteiger partial charge in [0.25, 0.3) is 0 Å². The van der Waals surface area contributed by atoms with Crippen LogP contribution < -0.4 is 0 Å². The van der Waals surface area contributed by atoms with Crippen LogP contribution in [0.2, 0.25) is 0 Å². The minimum absolute atomic E-state index is 0.146. The topological polar surface area (TPSA) is 85.4 Å². The summed E-state index contributed by atoms with van der Waals surface area (Å²) in [5.74, 6) is 0.492. The Labute approximate surface area is 165 Å². The van der Waals surface area contributed by atoms with Gasteiger partial charge in [0.2, 0.25) is 0 Å². The molecule has 0 unspecified atom stereocenters. The van der Waals surface area contributed by atoms with Crippen molar-refractivity contribution in [3.63, 3.8) is 0 Å². The van der Waals surface area contributed by atoms with Gasteiger partial charge >= 0.3 is 0 Å². The molecule has 1 heterocycles. The number of aryl methyl sites for hydroxylation is 2. The molecule has 0 atom stereocenters. The monoisotopic (exact) mass is 390 g/mol. The summed E-state index contributed by atoms with van der Waals surface area (Å²) in [6.45, 7) is 0. The molecule has 0 bridgehead atoms. The Morgan fingerprint density at radius 2 is 1.57 bits per heavy atom. The molecule has 3 N–H and O–H groups in total. The average molecular weight is 390 g/mol. The van der Waals surface area contributed by atoms with Gasteiger partial charge in [0.15, 0.2) is 10.8 Å². The Hall–Kier alpha value is -3.38. The van der Waals surface area contributed by atoms with E-state index in [9.17, 15) is 15.3 Å². The number of aromatic hydroxyl groups is 3. The third-order valence-corrected chi connectivity index (χ3v) is 5.53. The van der Waals surface area contributed by atoms with Gasteiger partial charge in [0.1, 0.15) is 11.5 Å². The van der Waals surface area contributed by atoms with E-state index < -0.39 is 0 Å². The molecule has 4 rings (SSSR count). The second kappa shape index (κ2) is 7.70. The van der Waals surface area contributed by atoms with Crippen LogP contribution in [0, 0.1) is 0 Å². The van der Waals surface area contributed by atoms with Crippen LogP contribution in [-0.4, -0.2) is 15.3 Å². The number of thiophene rings is 1. The zero-order valence-corrected chi connectivity index (χ0v) is 15.7. The first-order valence-corrected chi connectivity index (χ1v) is 9.64. The van der Waals surface area contributed by atoms with Gasteiger partial charge in [-0.2, -0.15) is 0 Å².